The van der Waals surface area contributed by atoms with Gasteiger partial charge >= 0.3 is 6.18 Å². The first-order chi connectivity index (χ1) is 12.3. The van der Waals surface area contributed by atoms with Crippen LogP contribution in [0.4, 0.5) is 27.9 Å². The summed E-state index contributed by atoms with van der Waals surface area (Å²) in [5.74, 6) is -0.748. The summed E-state index contributed by atoms with van der Waals surface area (Å²) in [6.07, 6.45) is -3.76. The van der Waals surface area contributed by atoms with Crippen molar-refractivity contribution in [2.24, 2.45) is 0 Å². The van der Waals surface area contributed by atoms with Crippen molar-refractivity contribution in [3.8, 4) is 11.1 Å². The molecule has 0 saturated carbocycles. The second-order valence-electron chi connectivity index (χ2n) is 6.13. The third-order valence-electron chi connectivity index (χ3n) is 4.31. The van der Waals surface area contributed by atoms with E-state index in [9.17, 15) is 22.0 Å². The first-order valence-electron chi connectivity index (χ1n) is 8.08. The van der Waals surface area contributed by atoms with Crippen LogP contribution in [0, 0.1) is 12.7 Å². The standard InChI is InChI=1S/C17H17F5N4/c1-9-12(11-3-2-10(6-14(11)19)17(20,21)22)7-24-16(26-9)25-8-15-13(18)4-5-23-15/h2-3,6-7,13,15,23H,4-5,8H2,1H3,(H,24,25,26). The summed E-state index contributed by atoms with van der Waals surface area (Å²) in [6.45, 7) is 2.51. The summed E-state index contributed by atoms with van der Waals surface area (Å²) >= 11 is 0. The predicted octanol–water partition coefficient (Wildman–Crippen LogP) is 3.72. The maximum atomic E-state index is 14.1. The molecule has 9 heteroatoms. The summed E-state index contributed by atoms with van der Waals surface area (Å²) in [7, 11) is 0. The number of alkyl halides is 4. The maximum Gasteiger partial charge on any atom is 0.416 e. The zero-order valence-corrected chi connectivity index (χ0v) is 13.9. The minimum atomic E-state index is -4.61. The van der Waals surface area contributed by atoms with E-state index in [1.807, 2.05) is 0 Å². The Bertz CT molecular complexity index is 793. The van der Waals surface area contributed by atoms with Gasteiger partial charge in [0.2, 0.25) is 5.95 Å². The van der Waals surface area contributed by atoms with E-state index < -0.39 is 23.7 Å². The van der Waals surface area contributed by atoms with E-state index >= 15 is 0 Å². The van der Waals surface area contributed by atoms with Crippen LogP contribution < -0.4 is 10.6 Å². The molecule has 1 saturated heterocycles. The Balaban J connectivity index is 1.77. The molecule has 4 nitrogen and oxygen atoms in total. The summed E-state index contributed by atoms with van der Waals surface area (Å²) < 4.78 is 65.6. The minimum absolute atomic E-state index is 0.0108. The first-order valence-corrected chi connectivity index (χ1v) is 8.08. The fourth-order valence-corrected chi connectivity index (χ4v) is 2.86. The van der Waals surface area contributed by atoms with Crippen molar-refractivity contribution in [3.63, 3.8) is 0 Å². The topological polar surface area (TPSA) is 49.8 Å². The predicted molar refractivity (Wildman–Crippen MR) is 87.0 cm³/mol. The molecule has 0 bridgehead atoms. The molecule has 2 unspecified atom stereocenters. The van der Waals surface area contributed by atoms with Crippen molar-refractivity contribution in [2.45, 2.75) is 31.7 Å². The van der Waals surface area contributed by atoms with Gasteiger partial charge in [0.05, 0.1) is 17.3 Å². The highest BCUT2D eigenvalue weighted by Crippen LogP contribution is 2.33. The molecule has 2 N–H and O–H groups in total. The minimum Gasteiger partial charge on any atom is -0.353 e. The molecule has 2 atom stereocenters. The second kappa shape index (κ2) is 7.14. The molecule has 1 aromatic carbocycles. The lowest BCUT2D eigenvalue weighted by atomic mass is 10.0. The van der Waals surface area contributed by atoms with Crippen LogP contribution in [0.25, 0.3) is 11.1 Å². The number of aryl methyl sites for hydroxylation is 1. The van der Waals surface area contributed by atoms with Crippen LogP contribution in [-0.4, -0.2) is 35.3 Å². The molecule has 3 rings (SSSR count). The summed E-state index contributed by atoms with van der Waals surface area (Å²) in [5.41, 5.74) is -0.370. The Morgan fingerprint density at radius 1 is 1.27 bits per heavy atom. The third kappa shape index (κ3) is 3.92. The van der Waals surface area contributed by atoms with E-state index in [2.05, 4.69) is 20.6 Å². The van der Waals surface area contributed by atoms with Gasteiger partial charge in [0.1, 0.15) is 12.0 Å². The van der Waals surface area contributed by atoms with Gasteiger partial charge in [-0.3, -0.25) is 0 Å². The zero-order chi connectivity index (χ0) is 18.9. The average molecular weight is 372 g/mol. The van der Waals surface area contributed by atoms with Crippen LogP contribution in [0.5, 0.6) is 0 Å². The largest absolute Gasteiger partial charge is 0.416 e. The van der Waals surface area contributed by atoms with E-state index in [1.54, 1.807) is 6.92 Å². The lowest BCUT2D eigenvalue weighted by Crippen LogP contribution is -2.35. The SMILES string of the molecule is Cc1nc(NCC2NCCC2F)ncc1-c1ccc(C(F)(F)F)cc1F. The van der Waals surface area contributed by atoms with Crippen LogP contribution in [0.3, 0.4) is 0 Å². The van der Waals surface area contributed by atoms with Crippen molar-refractivity contribution in [2.75, 3.05) is 18.4 Å². The number of nitrogens with one attached hydrogen (secondary N) is 2. The fraction of sp³-hybridized carbons (Fsp3) is 0.412. The van der Waals surface area contributed by atoms with Gasteiger partial charge in [-0.05, 0) is 32.0 Å². The molecular formula is C17H17F5N4. The highest BCUT2D eigenvalue weighted by atomic mass is 19.4. The molecule has 0 aliphatic carbocycles. The van der Waals surface area contributed by atoms with Crippen molar-refractivity contribution in [3.05, 3.63) is 41.5 Å². The molecular weight excluding hydrogens is 355 g/mol. The summed E-state index contributed by atoms with van der Waals surface area (Å²) in [6, 6.07) is 2.00. The Morgan fingerprint density at radius 2 is 2.04 bits per heavy atom. The number of hydrogen-bond donors (Lipinski definition) is 2. The van der Waals surface area contributed by atoms with E-state index in [0.29, 0.717) is 36.8 Å². The maximum absolute atomic E-state index is 14.1. The number of anilines is 1. The third-order valence-corrected chi connectivity index (χ3v) is 4.31. The van der Waals surface area contributed by atoms with Crippen LogP contribution >= 0.6 is 0 Å². The van der Waals surface area contributed by atoms with E-state index in [4.69, 9.17) is 0 Å². The normalized spacial score (nSPS) is 20.4. The molecule has 1 aromatic heterocycles. The van der Waals surface area contributed by atoms with Crippen LogP contribution in [0.1, 0.15) is 17.7 Å². The highest BCUT2D eigenvalue weighted by molar-refractivity contribution is 5.66. The number of aromatic nitrogens is 2. The van der Waals surface area contributed by atoms with Gasteiger partial charge < -0.3 is 10.6 Å². The molecule has 2 heterocycles. The van der Waals surface area contributed by atoms with Crippen LogP contribution in [-0.2, 0) is 6.18 Å². The summed E-state index contributed by atoms with van der Waals surface area (Å²) in [4.78, 5) is 8.24. The highest BCUT2D eigenvalue weighted by Gasteiger charge is 2.31. The van der Waals surface area contributed by atoms with Gasteiger partial charge in [-0.25, -0.2) is 18.7 Å². The van der Waals surface area contributed by atoms with Crippen LogP contribution in [0.15, 0.2) is 24.4 Å². The second-order valence-corrected chi connectivity index (χ2v) is 6.13. The zero-order valence-electron chi connectivity index (χ0n) is 13.9. The van der Waals surface area contributed by atoms with E-state index in [1.165, 1.54) is 6.20 Å². The molecule has 0 radical (unpaired) electrons. The van der Waals surface area contributed by atoms with Gasteiger partial charge in [-0.15, -0.1) is 0 Å². The van der Waals surface area contributed by atoms with Gasteiger partial charge in [-0.2, -0.15) is 13.2 Å². The monoisotopic (exact) mass is 372 g/mol. The number of rotatable bonds is 4. The van der Waals surface area contributed by atoms with Crippen molar-refractivity contribution < 1.29 is 22.0 Å². The molecule has 1 fully saturated rings. The molecule has 0 spiro atoms. The lowest BCUT2D eigenvalue weighted by molar-refractivity contribution is -0.137. The van der Waals surface area contributed by atoms with Crippen molar-refractivity contribution in [1.29, 1.82) is 0 Å². The number of benzene rings is 1. The van der Waals surface area contributed by atoms with Crippen molar-refractivity contribution >= 4 is 5.95 Å². The quantitative estimate of drug-likeness (QED) is 0.804. The van der Waals surface area contributed by atoms with Gasteiger partial charge in [-0.1, -0.05) is 6.07 Å². The van der Waals surface area contributed by atoms with Gasteiger partial charge in [0.15, 0.2) is 0 Å². The number of nitrogens with zero attached hydrogens (tertiary/aromatic N) is 2. The summed E-state index contributed by atoms with van der Waals surface area (Å²) in [5, 5.41) is 5.93. The van der Waals surface area contributed by atoms with Crippen molar-refractivity contribution in [1.82, 2.24) is 15.3 Å². The Labute approximate surface area is 146 Å². The Hall–Kier alpha value is -2.29. The molecule has 1 aliphatic heterocycles. The lowest BCUT2D eigenvalue weighted by Gasteiger charge is -2.15. The van der Waals surface area contributed by atoms with E-state index in [0.717, 1.165) is 12.1 Å². The Morgan fingerprint density at radius 3 is 2.62 bits per heavy atom. The van der Waals surface area contributed by atoms with Gasteiger partial charge in [0.25, 0.3) is 0 Å². The van der Waals surface area contributed by atoms with Gasteiger partial charge in [0, 0.05) is 23.9 Å². The molecule has 1 aliphatic rings. The van der Waals surface area contributed by atoms with Crippen LogP contribution in [0.2, 0.25) is 0 Å². The number of halogens is 5. The molecule has 26 heavy (non-hydrogen) atoms. The molecule has 0 amide bonds. The molecule has 2 aromatic rings. The average Bonchev–Trinajstić information content (AvgIpc) is 2.98. The molecule has 140 valence electrons. The fourth-order valence-electron chi connectivity index (χ4n) is 2.86. The van der Waals surface area contributed by atoms with E-state index in [-0.39, 0.29) is 17.6 Å². The Kier molecular flexibility index (Phi) is 5.08. The first kappa shape index (κ1) is 18.5. The number of hydrogen-bond acceptors (Lipinski definition) is 4. The smallest absolute Gasteiger partial charge is 0.353 e.